The summed E-state index contributed by atoms with van der Waals surface area (Å²) in [5.41, 5.74) is 6.93. The van der Waals surface area contributed by atoms with E-state index < -0.39 is 5.97 Å². The van der Waals surface area contributed by atoms with Gasteiger partial charge >= 0.3 is 5.97 Å². The minimum atomic E-state index is -0.481. The first-order valence-electron chi connectivity index (χ1n) is 5.44. The molecule has 5 heteroatoms. The van der Waals surface area contributed by atoms with Gasteiger partial charge in [-0.15, -0.1) is 0 Å². The van der Waals surface area contributed by atoms with E-state index in [1.54, 1.807) is 37.3 Å². The molecule has 1 heterocycles. The highest BCUT2D eigenvalue weighted by molar-refractivity contribution is 6.33. The minimum Gasteiger partial charge on any atom is -0.460 e. The molecule has 1 aromatic carbocycles. The van der Waals surface area contributed by atoms with E-state index >= 15 is 0 Å². The van der Waals surface area contributed by atoms with E-state index in [0.717, 1.165) is 5.56 Å². The van der Waals surface area contributed by atoms with Gasteiger partial charge in [-0.05, 0) is 37.3 Å². The van der Waals surface area contributed by atoms with Crippen molar-refractivity contribution in [2.75, 3.05) is 12.3 Å². The molecule has 2 aromatic rings. The molecular weight excluding hydrogens is 254 g/mol. The molecule has 0 fully saturated rings. The Labute approximate surface area is 109 Å². The molecule has 0 spiro atoms. The number of esters is 1. The van der Waals surface area contributed by atoms with Crippen molar-refractivity contribution < 1.29 is 13.9 Å². The third-order valence-corrected chi connectivity index (χ3v) is 2.71. The van der Waals surface area contributed by atoms with Crippen LogP contribution in [0.1, 0.15) is 17.5 Å². The van der Waals surface area contributed by atoms with Crippen molar-refractivity contribution in [2.45, 2.75) is 6.92 Å². The van der Waals surface area contributed by atoms with Crippen LogP contribution in [0.4, 0.5) is 5.69 Å². The molecule has 2 rings (SSSR count). The summed E-state index contributed by atoms with van der Waals surface area (Å²) in [6, 6.07) is 8.40. The van der Waals surface area contributed by atoms with Crippen molar-refractivity contribution in [3.63, 3.8) is 0 Å². The molecule has 94 valence electrons. The second-order valence-electron chi connectivity index (χ2n) is 3.62. The Kier molecular flexibility index (Phi) is 3.58. The second-order valence-corrected chi connectivity index (χ2v) is 4.03. The molecular formula is C13H12ClNO3. The Morgan fingerprint density at radius 3 is 2.83 bits per heavy atom. The number of anilines is 1. The molecule has 2 N–H and O–H groups in total. The number of carbonyl (C=O) groups excluding carboxylic acids is 1. The molecule has 0 amide bonds. The molecule has 0 radical (unpaired) electrons. The van der Waals surface area contributed by atoms with Crippen molar-refractivity contribution in [1.82, 2.24) is 0 Å². The normalized spacial score (nSPS) is 10.3. The Morgan fingerprint density at radius 1 is 1.39 bits per heavy atom. The predicted octanol–water partition coefficient (Wildman–Crippen LogP) is 3.36. The zero-order valence-electron chi connectivity index (χ0n) is 9.77. The number of hydrogen-bond donors (Lipinski definition) is 1. The van der Waals surface area contributed by atoms with Crippen molar-refractivity contribution in [3.05, 3.63) is 41.1 Å². The number of halogens is 1. The van der Waals surface area contributed by atoms with Crippen LogP contribution in [0.15, 0.2) is 34.7 Å². The Bertz CT molecular complexity index is 577. The smallest absolute Gasteiger partial charge is 0.374 e. The van der Waals surface area contributed by atoms with Crippen LogP contribution in [0.2, 0.25) is 5.02 Å². The van der Waals surface area contributed by atoms with E-state index in [0.29, 0.717) is 23.1 Å². The Morgan fingerprint density at radius 2 is 2.17 bits per heavy atom. The number of hydrogen-bond acceptors (Lipinski definition) is 4. The van der Waals surface area contributed by atoms with Crippen LogP contribution in [0.25, 0.3) is 11.3 Å². The van der Waals surface area contributed by atoms with E-state index in [1.165, 1.54) is 0 Å². The third-order valence-electron chi connectivity index (χ3n) is 2.36. The summed E-state index contributed by atoms with van der Waals surface area (Å²) < 4.78 is 10.2. The molecule has 0 saturated heterocycles. The largest absolute Gasteiger partial charge is 0.460 e. The average molecular weight is 266 g/mol. The number of rotatable bonds is 3. The van der Waals surface area contributed by atoms with E-state index in [9.17, 15) is 4.79 Å². The third kappa shape index (κ3) is 2.49. The first-order valence-corrected chi connectivity index (χ1v) is 5.82. The van der Waals surface area contributed by atoms with Crippen molar-refractivity contribution in [1.29, 1.82) is 0 Å². The molecule has 0 atom stereocenters. The summed E-state index contributed by atoms with van der Waals surface area (Å²) >= 11 is 5.84. The number of ether oxygens (including phenoxy) is 1. The lowest BCUT2D eigenvalue weighted by Crippen LogP contribution is -2.02. The number of nitrogen functional groups attached to an aromatic ring is 1. The van der Waals surface area contributed by atoms with E-state index in [-0.39, 0.29) is 5.76 Å². The lowest BCUT2D eigenvalue weighted by atomic mass is 10.1. The molecule has 0 aliphatic heterocycles. The fraction of sp³-hybridized carbons (Fsp3) is 0.154. The summed E-state index contributed by atoms with van der Waals surface area (Å²) in [4.78, 5) is 11.4. The van der Waals surface area contributed by atoms with Gasteiger partial charge in [-0.2, -0.15) is 0 Å². The topological polar surface area (TPSA) is 65.5 Å². The summed E-state index contributed by atoms with van der Waals surface area (Å²) in [5, 5.41) is 0.482. The van der Waals surface area contributed by atoms with E-state index in [2.05, 4.69) is 0 Å². The maximum absolute atomic E-state index is 11.4. The van der Waals surface area contributed by atoms with Crippen LogP contribution >= 0.6 is 11.6 Å². The number of benzene rings is 1. The van der Waals surface area contributed by atoms with Gasteiger partial charge in [0.15, 0.2) is 0 Å². The van der Waals surface area contributed by atoms with Gasteiger partial charge in [0.2, 0.25) is 5.76 Å². The molecule has 0 unspecified atom stereocenters. The number of furan rings is 1. The molecule has 4 nitrogen and oxygen atoms in total. The molecule has 0 saturated carbocycles. The fourth-order valence-electron chi connectivity index (χ4n) is 1.50. The summed E-state index contributed by atoms with van der Waals surface area (Å²) in [7, 11) is 0. The van der Waals surface area contributed by atoms with Crippen LogP contribution in [-0.2, 0) is 4.74 Å². The summed E-state index contributed by atoms with van der Waals surface area (Å²) in [5.74, 6) is 0.229. The van der Waals surface area contributed by atoms with Gasteiger partial charge in [0.05, 0.1) is 17.3 Å². The van der Waals surface area contributed by atoms with E-state index in [1.807, 2.05) is 0 Å². The van der Waals surface area contributed by atoms with Gasteiger partial charge in [-0.3, -0.25) is 0 Å². The van der Waals surface area contributed by atoms with Gasteiger partial charge in [0.25, 0.3) is 0 Å². The molecule has 0 bridgehead atoms. The van der Waals surface area contributed by atoms with Crippen LogP contribution in [-0.4, -0.2) is 12.6 Å². The van der Waals surface area contributed by atoms with Crippen LogP contribution in [0, 0.1) is 0 Å². The van der Waals surface area contributed by atoms with Gasteiger partial charge < -0.3 is 14.9 Å². The minimum absolute atomic E-state index is 0.167. The van der Waals surface area contributed by atoms with Crippen molar-refractivity contribution in [2.24, 2.45) is 0 Å². The lowest BCUT2D eigenvalue weighted by molar-refractivity contribution is 0.0491. The predicted molar refractivity (Wildman–Crippen MR) is 69.5 cm³/mol. The highest BCUT2D eigenvalue weighted by Crippen LogP contribution is 2.28. The average Bonchev–Trinajstić information content (AvgIpc) is 2.82. The van der Waals surface area contributed by atoms with Crippen LogP contribution in [0.5, 0.6) is 0 Å². The highest BCUT2D eigenvalue weighted by Gasteiger charge is 2.13. The van der Waals surface area contributed by atoms with Crippen molar-refractivity contribution in [3.8, 4) is 11.3 Å². The van der Waals surface area contributed by atoms with Gasteiger partial charge in [0.1, 0.15) is 5.76 Å². The standard InChI is InChI=1S/C13H12ClNO3/c1-2-17-13(16)12-6-5-11(18-12)8-3-4-9(14)10(15)7-8/h3-7H,2,15H2,1H3. The van der Waals surface area contributed by atoms with Gasteiger partial charge in [-0.25, -0.2) is 4.79 Å². The van der Waals surface area contributed by atoms with Gasteiger partial charge in [-0.1, -0.05) is 11.6 Å². The molecule has 0 aliphatic carbocycles. The maximum atomic E-state index is 11.4. The zero-order valence-corrected chi connectivity index (χ0v) is 10.5. The SMILES string of the molecule is CCOC(=O)c1ccc(-c2ccc(Cl)c(N)c2)o1. The van der Waals surface area contributed by atoms with Crippen LogP contribution < -0.4 is 5.73 Å². The second kappa shape index (κ2) is 5.14. The first-order chi connectivity index (χ1) is 8.61. The highest BCUT2D eigenvalue weighted by atomic mass is 35.5. The lowest BCUT2D eigenvalue weighted by Gasteiger charge is -2.01. The maximum Gasteiger partial charge on any atom is 0.374 e. The van der Waals surface area contributed by atoms with Crippen molar-refractivity contribution >= 4 is 23.3 Å². The zero-order chi connectivity index (χ0) is 13.1. The molecule has 1 aromatic heterocycles. The molecule has 18 heavy (non-hydrogen) atoms. The fourth-order valence-corrected chi connectivity index (χ4v) is 1.62. The Balaban J connectivity index is 2.29. The number of carbonyl (C=O) groups is 1. The number of nitrogens with two attached hydrogens (primary N) is 1. The summed E-state index contributed by atoms with van der Waals surface area (Å²) in [6.45, 7) is 2.05. The van der Waals surface area contributed by atoms with Gasteiger partial charge in [0, 0.05) is 5.56 Å². The van der Waals surface area contributed by atoms with E-state index in [4.69, 9.17) is 26.5 Å². The molecule has 0 aliphatic rings. The quantitative estimate of drug-likeness (QED) is 0.683. The summed E-state index contributed by atoms with van der Waals surface area (Å²) in [6.07, 6.45) is 0. The van der Waals surface area contributed by atoms with Crippen LogP contribution in [0.3, 0.4) is 0 Å². The Hall–Kier alpha value is -1.94. The monoisotopic (exact) mass is 265 g/mol. The first kappa shape index (κ1) is 12.5.